The smallest absolute Gasteiger partial charge is 0.240 e. The third-order valence-electron chi connectivity index (χ3n) is 7.75. The average molecular weight is 555 g/mol. The minimum atomic E-state index is -3.64. The summed E-state index contributed by atoms with van der Waals surface area (Å²) in [4.78, 5) is 17.9. The fourth-order valence-corrected chi connectivity index (χ4v) is 6.28. The molecule has 7 nitrogen and oxygen atoms in total. The lowest BCUT2D eigenvalue weighted by molar-refractivity contribution is -0.120. The normalized spacial score (nSPS) is 15.1. The number of hydrogen-bond acceptors (Lipinski definition) is 6. The molecule has 0 unspecified atom stereocenters. The van der Waals surface area contributed by atoms with Gasteiger partial charge in [0.15, 0.2) is 11.5 Å². The summed E-state index contributed by atoms with van der Waals surface area (Å²) in [5, 5.41) is 0. The molecule has 2 aliphatic rings. The van der Waals surface area contributed by atoms with Gasteiger partial charge >= 0.3 is 0 Å². The second-order valence-electron chi connectivity index (χ2n) is 10.4. The van der Waals surface area contributed by atoms with Crippen LogP contribution in [0.25, 0.3) is 11.1 Å². The minimum absolute atomic E-state index is 0.194. The van der Waals surface area contributed by atoms with E-state index in [0.29, 0.717) is 24.3 Å². The summed E-state index contributed by atoms with van der Waals surface area (Å²) in [6, 6.07) is 24.3. The van der Waals surface area contributed by atoms with E-state index in [4.69, 9.17) is 9.47 Å². The molecule has 0 spiro atoms. The molecule has 3 aromatic carbocycles. The number of nitrogens with one attached hydrogen (secondary N) is 1. The highest BCUT2D eigenvalue weighted by molar-refractivity contribution is 7.89. The minimum Gasteiger partial charge on any atom is -0.454 e. The number of fused-ring (bicyclic) bond motifs is 1. The number of benzene rings is 3. The van der Waals surface area contributed by atoms with Gasteiger partial charge in [-0.3, -0.25) is 9.78 Å². The predicted octanol–water partition coefficient (Wildman–Crippen LogP) is 5.15. The molecule has 0 radical (unpaired) electrons. The molecule has 0 amide bonds. The van der Waals surface area contributed by atoms with E-state index in [1.54, 1.807) is 18.3 Å². The van der Waals surface area contributed by atoms with Crippen LogP contribution in [0.15, 0.2) is 90.0 Å². The molecule has 2 heterocycles. The molecule has 1 aliphatic heterocycles. The Bertz CT molecular complexity index is 1660. The van der Waals surface area contributed by atoms with Crippen molar-refractivity contribution in [1.82, 2.24) is 9.71 Å². The van der Waals surface area contributed by atoms with E-state index < -0.39 is 15.4 Å². The number of hydrogen-bond donors (Lipinski definition) is 1. The van der Waals surface area contributed by atoms with Crippen LogP contribution in [0.2, 0.25) is 0 Å². The highest BCUT2D eigenvalue weighted by Gasteiger charge is 2.50. The van der Waals surface area contributed by atoms with E-state index >= 15 is 0 Å². The monoisotopic (exact) mass is 554 g/mol. The van der Waals surface area contributed by atoms with E-state index in [1.165, 1.54) is 0 Å². The molecule has 8 heteroatoms. The van der Waals surface area contributed by atoms with Gasteiger partial charge in [-0.25, -0.2) is 13.1 Å². The molecule has 1 N–H and O–H groups in total. The van der Waals surface area contributed by atoms with E-state index in [2.05, 4.69) is 9.71 Å². The zero-order valence-electron chi connectivity index (χ0n) is 22.2. The molecular formula is C32H30N2O5S. The Balaban J connectivity index is 1.15. The summed E-state index contributed by atoms with van der Waals surface area (Å²) in [7, 11) is -3.64. The van der Waals surface area contributed by atoms with Gasteiger partial charge in [-0.05, 0) is 84.0 Å². The quantitative estimate of drug-likeness (QED) is 0.291. The van der Waals surface area contributed by atoms with Gasteiger partial charge < -0.3 is 9.47 Å². The molecule has 1 aliphatic carbocycles. The van der Waals surface area contributed by atoms with Gasteiger partial charge in [-0.15, -0.1) is 0 Å². The Hall–Kier alpha value is -4.01. The zero-order chi connectivity index (χ0) is 27.7. The fraction of sp³-hybridized carbons (Fsp3) is 0.250. The lowest BCUT2D eigenvalue weighted by Crippen LogP contribution is -2.26. The molecule has 0 saturated heterocycles. The Morgan fingerprint density at radius 3 is 2.50 bits per heavy atom. The number of carbonyl (C=O) groups excluding carboxylic acids is 1. The number of sulfonamides is 1. The van der Waals surface area contributed by atoms with E-state index in [0.717, 1.165) is 46.4 Å². The second kappa shape index (κ2) is 10.5. The second-order valence-corrected chi connectivity index (χ2v) is 12.2. The third kappa shape index (κ3) is 5.24. The Morgan fingerprint density at radius 1 is 0.950 bits per heavy atom. The lowest BCUT2D eigenvalue weighted by Gasteiger charge is -2.16. The molecule has 40 heavy (non-hydrogen) atoms. The van der Waals surface area contributed by atoms with Crippen LogP contribution in [-0.2, 0) is 33.1 Å². The van der Waals surface area contributed by atoms with E-state index in [-0.39, 0.29) is 24.0 Å². The number of aromatic nitrogens is 1. The number of ketones is 1. The molecule has 1 aromatic heterocycles. The molecule has 204 valence electrons. The summed E-state index contributed by atoms with van der Waals surface area (Å²) in [5.41, 5.74) is 5.22. The fourth-order valence-electron chi connectivity index (χ4n) is 5.25. The average Bonchev–Trinajstić information content (AvgIpc) is 3.65. The van der Waals surface area contributed by atoms with Gasteiger partial charge in [0, 0.05) is 31.3 Å². The van der Waals surface area contributed by atoms with Gasteiger partial charge in [0.2, 0.25) is 16.8 Å². The summed E-state index contributed by atoms with van der Waals surface area (Å²) in [6.45, 7) is 2.49. The SMILES string of the molecule is Cc1ccc(CC(=O)C2(c3ccc4c(c3)OCO4)CC2)cc1-c1ccc(S(=O)(=O)NCCc2ccccn2)cc1. The third-order valence-corrected chi connectivity index (χ3v) is 9.23. The van der Waals surface area contributed by atoms with Crippen LogP contribution in [0.3, 0.4) is 0 Å². The number of aryl methyl sites for hydroxylation is 1. The van der Waals surface area contributed by atoms with E-state index in [1.807, 2.05) is 73.7 Å². The van der Waals surface area contributed by atoms with Crippen LogP contribution in [0.1, 0.15) is 35.2 Å². The van der Waals surface area contributed by atoms with Gasteiger partial charge in [0.05, 0.1) is 10.3 Å². The number of nitrogens with zero attached hydrogens (tertiary/aromatic N) is 1. The van der Waals surface area contributed by atoms with Crippen LogP contribution >= 0.6 is 0 Å². The summed E-state index contributed by atoms with van der Waals surface area (Å²) in [6.07, 6.45) is 4.19. The van der Waals surface area contributed by atoms with Gasteiger partial charge in [-0.2, -0.15) is 0 Å². The summed E-state index contributed by atoms with van der Waals surface area (Å²) < 4.78 is 39.2. The zero-order valence-corrected chi connectivity index (χ0v) is 23.0. The largest absolute Gasteiger partial charge is 0.454 e. The first kappa shape index (κ1) is 26.2. The van der Waals surface area contributed by atoms with Crippen molar-refractivity contribution in [3.8, 4) is 22.6 Å². The van der Waals surface area contributed by atoms with Gasteiger partial charge in [0.25, 0.3) is 0 Å². The highest BCUT2D eigenvalue weighted by atomic mass is 32.2. The number of ether oxygens (including phenoxy) is 2. The maximum Gasteiger partial charge on any atom is 0.240 e. The number of pyridine rings is 1. The van der Waals surface area contributed by atoms with Crippen molar-refractivity contribution in [2.75, 3.05) is 13.3 Å². The van der Waals surface area contributed by atoms with Crippen molar-refractivity contribution in [2.45, 2.75) is 42.9 Å². The Morgan fingerprint density at radius 2 is 1.75 bits per heavy atom. The first-order valence-corrected chi connectivity index (χ1v) is 14.9. The van der Waals surface area contributed by atoms with Crippen LogP contribution in [-0.4, -0.2) is 32.5 Å². The molecular weight excluding hydrogens is 524 g/mol. The molecule has 0 atom stereocenters. The van der Waals surface area contributed by atoms with Crippen molar-refractivity contribution < 1.29 is 22.7 Å². The van der Waals surface area contributed by atoms with Crippen LogP contribution in [0, 0.1) is 6.92 Å². The van der Waals surface area contributed by atoms with Crippen LogP contribution in [0.5, 0.6) is 11.5 Å². The maximum atomic E-state index is 13.5. The van der Waals surface area contributed by atoms with Crippen molar-refractivity contribution >= 4 is 15.8 Å². The summed E-state index contributed by atoms with van der Waals surface area (Å²) in [5.74, 6) is 1.61. The predicted molar refractivity (Wildman–Crippen MR) is 152 cm³/mol. The number of Topliss-reactive ketones (excluding diaryl/α,β-unsaturated/α-hetero) is 1. The molecule has 4 aromatic rings. The van der Waals surface area contributed by atoms with Crippen molar-refractivity contribution in [3.05, 3.63) is 107 Å². The van der Waals surface area contributed by atoms with Crippen molar-refractivity contribution in [2.24, 2.45) is 0 Å². The topological polar surface area (TPSA) is 94.6 Å². The highest BCUT2D eigenvalue weighted by Crippen LogP contribution is 2.51. The molecule has 0 bridgehead atoms. The molecule has 1 fully saturated rings. The standard InChI is InChI=1S/C32H30N2O5S/c1-22-5-6-23(19-31(35)32(14-15-32)25-9-12-29-30(20-25)39-21-38-29)18-28(22)24-7-10-27(11-8-24)40(36,37)34-17-13-26-4-2-3-16-33-26/h2-12,16,18,20,34H,13-15,17,19,21H2,1H3. The first-order chi connectivity index (χ1) is 19.3. The van der Waals surface area contributed by atoms with Crippen LogP contribution < -0.4 is 14.2 Å². The molecule has 6 rings (SSSR count). The first-order valence-electron chi connectivity index (χ1n) is 13.4. The Labute approximate surface area is 234 Å². The van der Waals surface area contributed by atoms with E-state index in [9.17, 15) is 13.2 Å². The maximum absolute atomic E-state index is 13.5. The van der Waals surface area contributed by atoms with Crippen molar-refractivity contribution in [3.63, 3.8) is 0 Å². The van der Waals surface area contributed by atoms with Crippen LogP contribution in [0.4, 0.5) is 0 Å². The lowest BCUT2D eigenvalue weighted by atomic mass is 9.87. The van der Waals surface area contributed by atoms with Gasteiger partial charge in [0.1, 0.15) is 5.78 Å². The number of carbonyl (C=O) groups is 1. The Kier molecular flexibility index (Phi) is 6.90. The van der Waals surface area contributed by atoms with Gasteiger partial charge in [-0.1, -0.05) is 42.5 Å². The van der Waals surface area contributed by atoms with Crippen molar-refractivity contribution in [1.29, 1.82) is 0 Å². The molecule has 1 saturated carbocycles. The summed E-state index contributed by atoms with van der Waals surface area (Å²) >= 11 is 0. The number of rotatable bonds is 10.